The Labute approximate surface area is 113 Å². The molecule has 0 aliphatic carbocycles. The number of benzene rings is 1. The van der Waals surface area contributed by atoms with Crippen molar-refractivity contribution in [3.63, 3.8) is 0 Å². The molecule has 1 aliphatic heterocycles. The lowest BCUT2D eigenvalue weighted by Gasteiger charge is -2.31. The maximum Gasteiger partial charge on any atom is 0.181 e. The van der Waals surface area contributed by atoms with Gasteiger partial charge in [-0.05, 0) is 38.9 Å². The fourth-order valence-corrected chi connectivity index (χ4v) is 2.97. The summed E-state index contributed by atoms with van der Waals surface area (Å²) in [6.45, 7) is 4.14. The van der Waals surface area contributed by atoms with Gasteiger partial charge in [-0.2, -0.15) is 0 Å². The highest BCUT2D eigenvalue weighted by Gasteiger charge is 2.25. The summed E-state index contributed by atoms with van der Waals surface area (Å²) in [6, 6.07) is 7.98. The molecule has 2 aromatic rings. The molecule has 0 saturated carbocycles. The number of nitrogens with zero attached hydrogens (tertiary/aromatic N) is 1. The number of ketones is 1. The van der Waals surface area contributed by atoms with E-state index in [1.807, 2.05) is 37.4 Å². The normalized spacial score (nSPS) is 18.6. The molecule has 0 bridgehead atoms. The number of nitrogens with one attached hydrogen (secondary N) is 1. The summed E-state index contributed by atoms with van der Waals surface area (Å²) >= 11 is 0. The van der Waals surface area contributed by atoms with Crippen LogP contribution < -0.4 is 0 Å². The zero-order chi connectivity index (χ0) is 13.2. The number of carbonyl (C=O) groups excluding carboxylic acids is 1. The maximum absolute atomic E-state index is 12.7. The average molecular weight is 256 g/mol. The zero-order valence-corrected chi connectivity index (χ0v) is 11.4. The monoisotopic (exact) mass is 256 g/mol. The lowest BCUT2D eigenvalue weighted by molar-refractivity contribution is 0.0810. The van der Waals surface area contributed by atoms with Gasteiger partial charge < -0.3 is 4.98 Å². The number of piperidine rings is 1. The van der Waals surface area contributed by atoms with E-state index in [1.165, 1.54) is 19.3 Å². The number of Topliss-reactive ketones (excluding diaryl/α,β-unsaturated/α-hetero) is 1. The molecule has 1 fully saturated rings. The maximum atomic E-state index is 12.7. The summed E-state index contributed by atoms with van der Waals surface area (Å²) in [5, 5.41) is 1.04. The van der Waals surface area contributed by atoms with E-state index in [9.17, 15) is 4.79 Å². The Morgan fingerprint density at radius 1 is 1.21 bits per heavy atom. The predicted molar refractivity (Wildman–Crippen MR) is 77.5 cm³/mol. The van der Waals surface area contributed by atoms with Crippen molar-refractivity contribution in [1.82, 2.24) is 9.88 Å². The summed E-state index contributed by atoms with van der Waals surface area (Å²) in [5.41, 5.74) is 1.87. The van der Waals surface area contributed by atoms with Gasteiger partial charge in [0.25, 0.3) is 0 Å². The van der Waals surface area contributed by atoms with E-state index >= 15 is 0 Å². The number of H-pyrrole nitrogens is 1. The highest BCUT2D eigenvalue weighted by Crippen LogP contribution is 2.22. The van der Waals surface area contributed by atoms with Crippen LogP contribution in [0.2, 0.25) is 0 Å². The number of para-hydroxylation sites is 1. The smallest absolute Gasteiger partial charge is 0.181 e. The second kappa shape index (κ2) is 5.17. The Bertz CT molecular complexity index is 581. The zero-order valence-electron chi connectivity index (χ0n) is 11.4. The molecule has 1 aromatic carbocycles. The van der Waals surface area contributed by atoms with E-state index in [1.54, 1.807) is 0 Å². The van der Waals surface area contributed by atoms with Gasteiger partial charge in [0, 0.05) is 22.7 Å². The first kappa shape index (κ1) is 12.4. The quantitative estimate of drug-likeness (QED) is 0.856. The van der Waals surface area contributed by atoms with Crippen LogP contribution in [0.25, 0.3) is 10.9 Å². The van der Waals surface area contributed by atoms with E-state index in [0.29, 0.717) is 0 Å². The fourth-order valence-electron chi connectivity index (χ4n) is 2.97. The van der Waals surface area contributed by atoms with Gasteiger partial charge in [-0.25, -0.2) is 0 Å². The molecule has 1 aliphatic rings. The van der Waals surface area contributed by atoms with Crippen LogP contribution in [0.4, 0.5) is 0 Å². The lowest BCUT2D eigenvalue weighted by Crippen LogP contribution is -2.42. The van der Waals surface area contributed by atoms with Gasteiger partial charge in [0.1, 0.15) is 0 Å². The van der Waals surface area contributed by atoms with Crippen LogP contribution in [-0.4, -0.2) is 34.8 Å². The fraction of sp³-hybridized carbons (Fsp3) is 0.438. The largest absolute Gasteiger partial charge is 0.360 e. The summed E-state index contributed by atoms with van der Waals surface area (Å²) in [7, 11) is 0. The molecule has 1 atom stereocenters. The van der Waals surface area contributed by atoms with Crippen molar-refractivity contribution in [2.24, 2.45) is 0 Å². The highest BCUT2D eigenvalue weighted by molar-refractivity contribution is 6.10. The number of carbonyl (C=O) groups is 1. The molecule has 1 aromatic heterocycles. The van der Waals surface area contributed by atoms with Crippen molar-refractivity contribution in [2.45, 2.75) is 32.2 Å². The van der Waals surface area contributed by atoms with Gasteiger partial charge in [0.15, 0.2) is 5.78 Å². The van der Waals surface area contributed by atoms with Gasteiger partial charge in [0.2, 0.25) is 0 Å². The van der Waals surface area contributed by atoms with Crippen molar-refractivity contribution in [3.05, 3.63) is 36.0 Å². The number of aromatic amines is 1. The van der Waals surface area contributed by atoms with E-state index < -0.39 is 0 Å². The lowest BCUT2D eigenvalue weighted by atomic mass is 10.0. The van der Waals surface area contributed by atoms with Crippen LogP contribution in [0.1, 0.15) is 36.5 Å². The van der Waals surface area contributed by atoms with E-state index in [4.69, 9.17) is 0 Å². The second-order valence-electron chi connectivity index (χ2n) is 5.38. The standard InChI is InChI=1S/C16H20N2O/c1-12(18-9-5-2-6-10-18)16(19)14-11-17-15-8-4-3-7-13(14)15/h3-4,7-8,11-12,17H,2,5-6,9-10H2,1H3/t12-/m0/s1. The van der Waals surface area contributed by atoms with E-state index in [0.717, 1.165) is 29.6 Å². The molecule has 100 valence electrons. The summed E-state index contributed by atoms with van der Waals surface area (Å²) < 4.78 is 0. The highest BCUT2D eigenvalue weighted by atomic mass is 16.1. The van der Waals surface area contributed by atoms with Crippen molar-refractivity contribution in [1.29, 1.82) is 0 Å². The van der Waals surface area contributed by atoms with Crippen molar-refractivity contribution in [2.75, 3.05) is 13.1 Å². The SMILES string of the molecule is C[C@@H](C(=O)c1c[nH]c2ccccc12)N1CCCCC1. The molecule has 3 nitrogen and oxygen atoms in total. The Morgan fingerprint density at radius 2 is 1.95 bits per heavy atom. The molecule has 0 spiro atoms. The number of fused-ring (bicyclic) bond motifs is 1. The minimum atomic E-state index is -0.0143. The van der Waals surface area contributed by atoms with Gasteiger partial charge in [0.05, 0.1) is 6.04 Å². The molecule has 1 N–H and O–H groups in total. The third-order valence-electron chi connectivity index (χ3n) is 4.17. The average Bonchev–Trinajstić information content (AvgIpc) is 2.90. The van der Waals surface area contributed by atoms with Crippen molar-refractivity contribution in [3.8, 4) is 0 Å². The van der Waals surface area contributed by atoms with Crippen LogP contribution in [0.5, 0.6) is 0 Å². The third-order valence-corrected chi connectivity index (χ3v) is 4.17. The van der Waals surface area contributed by atoms with Crippen LogP contribution in [0.15, 0.2) is 30.5 Å². The molecular formula is C16H20N2O. The molecule has 1 saturated heterocycles. The predicted octanol–water partition coefficient (Wildman–Crippen LogP) is 3.23. The van der Waals surface area contributed by atoms with E-state index in [2.05, 4.69) is 9.88 Å². The molecular weight excluding hydrogens is 236 g/mol. The van der Waals surface area contributed by atoms with Crippen LogP contribution >= 0.6 is 0 Å². The van der Waals surface area contributed by atoms with Gasteiger partial charge >= 0.3 is 0 Å². The number of aromatic nitrogens is 1. The Kier molecular flexibility index (Phi) is 3.38. The Morgan fingerprint density at radius 3 is 2.74 bits per heavy atom. The number of hydrogen-bond acceptors (Lipinski definition) is 2. The van der Waals surface area contributed by atoms with E-state index in [-0.39, 0.29) is 11.8 Å². The van der Waals surface area contributed by atoms with Gasteiger partial charge in [-0.1, -0.05) is 24.6 Å². The summed E-state index contributed by atoms with van der Waals surface area (Å²) in [6.07, 6.45) is 5.58. The molecule has 0 radical (unpaired) electrons. The summed E-state index contributed by atoms with van der Waals surface area (Å²) in [5.74, 6) is 0.236. The second-order valence-corrected chi connectivity index (χ2v) is 5.38. The number of rotatable bonds is 3. The Hall–Kier alpha value is -1.61. The molecule has 2 heterocycles. The number of likely N-dealkylation sites (tertiary alicyclic amines) is 1. The molecule has 0 amide bonds. The molecule has 3 rings (SSSR count). The third kappa shape index (κ3) is 2.30. The first-order valence-corrected chi connectivity index (χ1v) is 7.12. The van der Waals surface area contributed by atoms with Gasteiger partial charge in [-0.15, -0.1) is 0 Å². The first-order chi connectivity index (χ1) is 9.27. The summed E-state index contributed by atoms with van der Waals surface area (Å²) in [4.78, 5) is 18.2. The molecule has 19 heavy (non-hydrogen) atoms. The van der Waals surface area contributed by atoms with Crippen LogP contribution in [-0.2, 0) is 0 Å². The first-order valence-electron chi connectivity index (χ1n) is 7.12. The number of hydrogen-bond donors (Lipinski definition) is 1. The Balaban J connectivity index is 1.86. The molecule has 3 heteroatoms. The van der Waals surface area contributed by atoms with Crippen molar-refractivity contribution < 1.29 is 4.79 Å². The van der Waals surface area contributed by atoms with Crippen LogP contribution in [0.3, 0.4) is 0 Å². The molecule has 0 unspecified atom stereocenters. The topological polar surface area (TPSA) is 36.1 Å². The minimum absolute atomic E-state index is 0.0143. The van der Waals surface area contributed by atoms with Gasteiger partial charge in [-0.3, -0.25) is 9.69 Å². The van der Waals surface area contributed by atoms with Crippen LogP contribution in [0, 0.1) is 0 Å². The minimum Gasteiger partial charge on any atom is -0.360 e. The van der Waals surface area contributed by atoms with Crippen molar-refractivity contribution >= 4 is 16.7 Å².